The van der Waals surface area contributed by atoms with Gasteiger partial charge < -0.3 is 22.9 Å². The first-order valence-corrected chi connectivity index (χ1v) is 6.63. The second-order valence-corrected chi connectivity index (χ2v) is 4.92. The molecule has 0 unspecified atom stereocenters. The van der Waals surface area contributed by atoms with Crippen LogP contribution in [0.3, 0.4) is 0 Å². The molecule has 0 amide bonds. The third kappa shape index (κ3) is 6.72. The van der Waals surface area contributed by atoms with Crippen molar-refractivity contribution < 1.29 is 0 Å². The van der Waals surface area contributed by atoms with E-state index in [1.807, 2.05) is 0 Å². The van der Waals surface area contributed by atoms with E-state index in [4.69, 9.17) is 44.6 Å². The lowest BCUT2D eigenvalue weighted by Crippen LogP contribution is -2.34. The molecule has 8 heteroatoms. The van der Waals surface area contributed by atoms with Crippen molar-refractivity contribution in [1.29, 1.82) is 21.6 Å². The third-order valence-electron chi connectivity index (χ3n) is 3.24. The fraction of sp³-hybridized carbons (Fsp3) is 0.667. The average Bonchev–Trinajstić information content (AvgIpc) is 2.30. The zero-order valence-corrected chi connectivity index (χ0v) is 11.7. The molecule has 0 aliphatic heterocycles. The van der Waals surface area contributed by atoms with Crippen LogP contribution in [0, 0.1) is 33.5 Å². The summed E-state index contributed by atoms with van der Waals surface area (Å²) in [6.45, 7) is 0. The van der Waals surface area contributed by atoms with Crippen molar-refractivity contribution in [3.8, 4) is 0 Å². The van der Waals surface area contributed by atoms with Gasteiger partial charge in [0.1, 0.15) is 23.3 Å². The van der Waals surface area contributed by atoms with Gasteiger partial charge in [-0.2, -0.15) is 0 Å². The summed E-state index contributed by atoms with van der Waals surface area (Å²) in [7, 11) is 0. The van der Waals surface area contributed by atoms with Crippen LogP contribution in [0.25, 0.3) is 0 Å². The maximum Gasteiger partial charge on any atom is 0.101 e. The molecule has 0 saturated carbocycles. The zero-order valence-electron chi connectivity index (χ0n) is 11.7. The fourth-order valence-corrected chi connectivity index (χ4v) is 2.01. The number of hydrogen-bond donors (Lipinski definition) is 8. The van der Waals surface area contributed by atoms with Gasteiger partial charge in [-0.15, -0.1) is 0 Å². The Kier molecular flexibility index (Phi) is 7.95. The summed E-state index contributed by atoms with van der Waals surface area (Å²) in [5.74, 6) is -1.18. The van der Waals surface area contributed by atoms with E-state index in [2.05, 4.69) is 0 Å². The Morgan fingerprint density at radius 2 is 0.800 bits per heavy atom. The maximum atomic E-state index is 7.33. The fourth-order valence-electron chi connectivity index (χ4n) is 2.01. The predicted octanol–water partition coefficient (Wildman–Crippen LogP) is 0.303. The van der Waals surface area contributed by atoms with Crippen LogP contribution in [0.5, 0.6) is 0 Å². The van der Waals surface area contributed by atoms with Crippen molar-refractivity contribution in [3.63, 3.8) is 0 Å². The maximum absolute atomic E-state index is 7.33. The van der Waals surface area contributed by atoms with E-state index in [1.54, 1.807) is 0 Å². The monoisotopic (exact) mass is 282 g/mol. The molecule has 20 heavy (non-hydrogen) atoms. The van der Waals surface area contributed by atoms with E-state index in [0.29, 0.717) is 12.8 Å². The lowest BCUT2D eigenvalue weighted by molar-refractivity contribution is 0.569. The van der Waals surface area contributed by atoms with Gasteiger partial charge in [-0.05, 0) is 12.8 Å². The van der Waals surface area contributed by atoms with E-state index in [9.17, 15) is 0 Å². The summed E-state index contributed by atoms with van der Waals surface area (Å²) in [6, 6.07) is 0. The summed E-state index contributed by atoms with van der Waals surface area (Å²) in [4.78, 5) is 0. The number of nitrogens with one attached hydrogen (secondary N) is 4. The average molecular weight is 282 g/mol. The van der Waals surface area contributed by atoms with Crippen molar-refractivity contribution in [2.75, 3.05) is 0 Å². The smallest absolute Gasteiger partial charge is 0.101 e. The molecule has 0 radical (unpaired) electrons. The molecule has 0 aromatic carbocycles. The van der Waals surface area contributed by atoms with Crippen LogP contribution >= 0.6 is 0 Å². The number of nitrogens with two attached hydrogens (primary N) is 4. The SMILES string of the molecule is N=C(N)C(CCCCCCC(C(=N)N)C(=N)N)C(=N)N. The Balaban J connectivity index is 3.87. The van der Waals surface area contributed by atoms with Crippen LogP contribution in [-0.2, 0) is 0 Å². The van der Waals surface area contributed by atoms with Gasteiger partial charge in [0.25, 0.3) is 0 Å². The highest BCUT2D eigenvalue weighted by Crippen LogP contribution is 2.14. The highest BCUT2D eigenvalue weighted by atomic mass is 14.8. The molecule has 12 N–H and O–H groups in total. The molecule has 0 aliphatic rings. The Morgan fingerprint density at radius 3 is 1.00 bits per heavy atom. The van der Waals surface area contributed by atoms with Crippen LogP contribution < -0.4 is 22.9 Å². The van der Waals surface area contributed by atoms with Crippen LogP contribution in [0.1, 0.15) is 38.5 Å². The highest BCUT2D eigenvalue weighted by molar-refractivity contribution is 6.01. The topological polar surface area (TPSA) is 199 Å². The van der Waals surface area contributed by atoms with Crippen molar-refractivity contribution in [3.05, 3.63) is 0 Å². The molecule has 0 fully saturated rings. The van der Waals surface area contributed by atoms with Crippen molar-refractivity contribution in [2.45, 2.75) is 38.5 Å². The van der Waals surface area contributed by atoms with Crippen LogP contribution in [0.4, 0.5) is 0 Å². The number of hydrogen-bond acceptors (Lipinski definition) is 4. The molecular formula is C12H26N8. The summed E-state index contributed by atoms with van der Waals surface area (Å²) < 4.78 is 0. The van der Waals surface area contributed by atoms with Crippen LogP contribution in [0.2, 0.25) is 0 Å². The highest BCUT2D eigenvalue weighted by Gasteiger charge is 2.16. The molecule has 0 atom stereocenters. The molecular weight excluding hydrogens is 256 g/mol. The van der Waals surface area contributed by atoms with Gasteiger partial charge in [-0.25, -0.2) is 0 Å². The van der Waals surface area contributed by atoms with Gasteiger partial charge in [-0.3, -0.25) is 21.6 Å². The lowest BCUT2D eigenvalue weighted by Gasteiger charge is -2.14. The van der Waals surface area contributed by atoms with Crippen molar-refractivity contribution in [1.82, 2.24) is 0 Å². The lowest BCUT2D eigenvalue weighted by atomic mass is 9.96. The van der Waals surface area contributed by atoms with E-state index >= 15 is 0 Å². The standard InChI is InChI=1S/C12H26N8/c13-9(14)7(10(15)16)5-3-1-2-4-6-8(11(17)18)12(19)20/h7-8H,1-6H2,(H3,13,14)(H3,15,16)(H3,17,18)(H3,19,20). The Bertz CT molecular complexity index is 312. The Morgan fingerprint density at radius 1 is 0.550 bits per heavy atom. The summed E-state index contributed by atoms with van der Waals surface area (Å²) in [5, 5.41) is 29.3. The van der Waals surface area contributed by atoms with Crippen LogP contribution in [0.15, 0.2) is 0 Å². The summed E-state index contributed by atoms with van der Waals surface area (Å²) in [6.07, 6.45) is 4.70. The van der Waals surface area contributed by atoms with Gasteiger partial charge >= 0.3 is 0 Å². The summed E-state index contributed by atoms with van der Waals surface area (Å²) >= 11 is 0. The second kappa shape index (κ2) is 8.89. The first-order valence-electron chi connectivity index (χ1n) is 6.63. The second-order valence-electron chi connectivity index (χ2n) is 4.92. The first kappa shape index (κ1) is 17.9. The molecule has 8 nitrogen and oxygen atoms in total. The third-order valence-corrected chi connectivity index (χ3v) is 3.24. The Hall–Kier alpha value is -2.12. The minimum Gasteiger partial charge on any atom is -0.387 e. The quantitative estimate of drug-likeness (QED) is 0.153. The molecule has 0 heterocycles. The normalized spacial score (nSPS) is 13.4. The number of unbranched alkanes of at least 4 members (excludes halogenated alkanes) is 3. The first-order chi connectivity index (χ1) is 9.27. The molecule has 0 aromatic heterocycles. The van der Waals surface area contributed by atoms with E-state index in [-0.39, 0.29) is 23.3 Å². The summed E-state index contributed by atoms with van der Waals surface area (Å²) in [5.41, 5.74) is 21.5. The van der Waals surface area contributed by atoms with Gasteiger partial charge in [0.15, 0.2) is 0 Å². The van der Waals surface area contributed by atoms with Crippen LogP contribution in [-0.4, -0.2) is 23.3 Å². The van der Waals surface area contributed by atoms with Gasteiger partial charge in [0.2, 0.25) is 0 Å². The number of amidine groups is 4. The van der Waals surface area contributed by atoms with Crippen molar-refractivity contribution in [2.24, 2.45) is 34.8 Å². The minimum atomic E-state index is -0.461. The van der Waals surface area contributed by atoms with Gasteiger partial charge in [0, 0.05) is 0 Å². The van der Waals surface area contributed by atoms with Gasteiger partial charge in [0.05, 0.1) is 11.8 Å². The molecule has 0 aromatic rings. The molecule has 0 saturated heterocycles. The molecule has 0 spiro atoms. The van der Waals surface area contributed by atoms with Gasteiger partial charge in [-0.1, -0.05) is 25.7 Å². The zero-order chi connectivity index (χ0) is 15.7. The molecule has 0 bridgehead atoms. The minimum absolute atomic E-state index is 0.0641. The van der Waals surface area contributed by atoms with E-state index in [0.717, 1.165) is 25.7 Å². The molecule has 0 rings (SSSR count). The molecule has 114 valence electrons. The Labute approximate surface area is 119 Å². The van der Waals surface area contributed by atoms with Crippen molar-refractivity contribution >= 4 is 23.3 Å². The van der Waals surface area contributed by atoms with E-state index in [1.165, 1.54) is 0 Å². The molecule has 0 aliphatic carbocycles. The van der Waals surface area contributed by atoms with E-state index < -0.39 is 11.8 Å². The number of rotatable bonds is 11. The predicted molar refractivity (Wildman–Crippen MR) is 82.3 cm³/mol. The largest absolute Gasteiger partial charge is 0.387 e.